The number of carbonyl (C=O) groups is 2. The van der Waals surface area contributed by atoms with E-state index in [-0.39, 0.29) is 12.5 Å². The number of aliphatic carboxylic acids is 1. The number of amides is 1. The molecule has 11 heteroatoms. The molecule has 1 amide bonds. The molecule has 0 aliphatic carbocycles. The summed E-state index contributed by atoms with van der Waals surface area (Å²) in [5.74, 6) is -1.37. The summed E-state index contributed by atoms with van der Waals surface area (Å²) < 4.78 is 18.2. The predicted molar refractivity (Wildman–Crippen MR) is 124 cm³/mol. The van der Waals surface area contributed by atoms with E-state index in [9.17, 15) is 14.7 Å². The molecule has 2 fully saturated rings. The second-order valence-corrected chi connectivity index (χ2v) is 9.03. The van der Waals surface area contributed by atoms with E-state index >= 15 is 0 Å². The monoisotopic (exact) mass is 489 g/mol. The first-order valence-corrected chi connectivity index (χ1v) is 11.4. The lowest BCUT2D eigenvalue weighted by atomic mass is 9.77. The molecule has 2 bridgehead atoms. The highest BCUT2D eigenvalue weighted by Gasteiger charge is 2.68. The molecule has 0 saturated carbocycles. The van der Waals surface area contributed by atoms with Crippen molar-refractivity contribution in [1.29, 1.82) is 0 Å². The Balaban J connectivity index is 1.46. The minimum atomic E-state index is -1.05. The first-order valence-electron chi connectivity index (χ1n) is 11.4. The first-order chi connectivity index (χ1) is 17.5. The fourth-order valence-corrected chi connectivity index (χ4v) is 5.56. The Labute approximate surface area is 205 Å². The van der Waals surface area contributed by atoms with E-state index in [1.54, 1.807) is 54.1 Å². The summed E-state index contributed by atoms with van der Waals surface area (Å²) in [6.07, 6.45) is 2.97. The van der Waals surface area contributed by atoms with Crippen molar-refractivity contribution in [3.05, 3.63) is 72.1 Å². The molecule has 184 valence electrons. The van der Waals surface area contributed by atoms with Gasteiger partial charge in [-0.3, -0.25) is 9.59 Å². The molecular weight excluding hydrogens is 466 g/mol. The van der Waals surface area contributed by atoms with Crippen molar-refractivity contribution in [3.63, 3.8) is 0 Å². The van der Waals surface area contributed by atoms with Crippen molar-refractivity contribution >= 4 is 11.9 Å². The summed E-state index contributed by atoms with van der Waals surface area (Å²) >= 11 is 0. The largest absolute Gasteiger partial charge is 0.497 e. The zero-order chi connectivity index (χ0) is 25.0. The number of benzene rings is 2. The van der Waals surface area contributed by atoms with Gasteiger partial charge in [0, 0.05) is 0 Å². The molecule has 2 aromatic carbocycles. The van der Waals surface area contributed by atoms with Crippen LogP contribution in [-0.2, 0) is 14.3 Å². The number of carbonyl (C=O) groups excluding carboxylic acids is 1. The van der Waals surface area contributed by atoms with E-state index < -0.39 is 35.6 Å². The lowest BCUT2D eigenvalue weighted by Gasteiger charge is -2.29. The van der Waals surface area contributed by atoms with Crippen LogP contribution in [0.4, 0.5) is 0 Å². The fraction of sp³-hybridized carbons (Fsp3) is 0.320. The Hall–Kier alpha value is -4.25. The molecule has 1 spiro atoms. The molecule has 11 nitrogen and oxygen atoms in total. The third-order valence-electron chi connectivity index (χ3n) is 7.21. The van der Waals surface area contributed by atoms with Gasteiger partial charge in [0.15, 0.2) is 5.82 Å². The number of fused-ring (bicyclic) bond motifs is 1. The van der Waals surface area contributed by atoms with Gasteiger partial charge in [-0.25, -0.2) is 0 Å². The Morgan fingerprint density at radius 3 is 2.42 bits per heavy atom. The lowest BCUT2D eigenvalue weighted by Crippen LogP contribution is -2.39. The van der Waals surface area contributed by atoms with Crippen molar-refractivity contribution in [3.8, 4) is 17.2 Å². The molecule has 3 aromatic rings. The Kier molecular flexibility index (Phi) is 5.04. The number of hydrogen-bond donors (Lipinski definition) is 1. The number of likely N-dealkylation sites (tertiary alicyclic amines) is 1. The van der Waals surface area contributed by atoms with Crippen molar-refractivity contribution in [2.45, 2.75) is 17.7 Å². The van der Waals surface area contributed by atoms with Gasteiger partial charge in [-0.05, 0) is 52.4 Å². The summed E-state index contributed by atoms with van der Waals surface area (Å²) in [7, 11) is 3.16. The van der Waals surface area contributed by atoms with Gasteiger partial charge in [0.1, 0.15) is 29.1 Å². The van der Waals surface area contributed by atoms with E-state index in [0.717, 1.165) is 5.56 Å². The third-order valence-corrected chi connectivity index (χ3v) is 7.21. The molecule has 36 heavy (non-hydrogen) atoms. The zero-order valence-corrected chi connectivity index (χ0v) is 19.5. The van der Waals surface area contributed by atoms with Gasteiger partial charge in [0.2, 0.25) is 5.91 Å². The maximum atomic E-state index is 13.9. The van der Waals surface area contributed by atoms with Gasteiger partial charge in [-0.15, -0.1) is 5.10 Å². The second-order valence-electron chi connectivity index (χ2n) is 9.03. The lowest BCUT2D eigenvalue weighted by molar-refractivity contribution is -0.148. The number of carboxylic acid groups (broad SMARTS) is 1. The number of rotatable bonds is 7. The summed E-state index contributed by atoms with van der Waals surface area (Å²) in [5, 5.41) is 22.3. The number of nitrogens with zero attached hydrogens (tertiary/aromatic N) is 5. The highest BCUT2D eigenvalue weighted by Crippen LogP contribution is 2.53. The molecule has 0 unspecified atom stereocenters. The Morgan fingerprint density at radius 2 is 1.78 bits per heavy atom. The number of ether oxygens (including phenoxy) is 3. The summed E-state index contributed by atoms with van der Waals surface area (Å²) in [5.41, 5.74) is 0.434. The van der Waals surface area contributed by atoms with Crippen molar-refractivity contribution in [2.75, 3.05) is 20.8 Å². The molecule has 2 saturated heterocycles. The minimum Gasteiger partial charge on any atom is -0.497 e. The Morgan fingerprint density at radius 1 is 1.11 bits per heavy atom. The van der Waals surface area contributed by atoms with Crippen molar-refractivity contribution in [1.82, 2.24) is 25.1 Å². The number of aromatic nitrogens is 4. The first kappa shape index (κ1) is 22.2. The van der Waals surface area contributed by atoms with Crippen LogP contribution >= 0.6 is 0 Å². The molecule has 3 aliphatic heterocycles. The highest BCUT2D eigenvalue weighted by atomic mass is 16.5. The minimum absolute atomic E-state index is 0.180. The van der Waals surface area contributed by atoms with Crippen LogP contribution in [0.3, 0.4) is 0 Å². The van der Waals surface area contributed by atoms with Crippen LogP contribution in [0.5, 0.6) is 11.5 Å². The van der Waals surface area contributed by atoms with Crippen LogP contribution in [0.2, 0.25) is 0 Å². The quantitative estimate of drug-likeness (QED) is 0.492. The normalized spacial score (nSPS) is 26.8. The number of hydrogen-bond acceptors (Lipinski definition) is 8. The SMILES string of the molecule is COc1ccc([C@H](c2nnnn2-c2ccc(OC)cc2)N2C[C@@]34C=C[C@@H](O3)[C@@H](C(=O)O)[C@@H]4C2=O)cc1. The summed E-state index contributed by atoms with van der Waals surface area (Å²) in [6, 6.07) is 13.8. The number of methoxy groups -OCH3 is 2. The van der Waals surface area contributed by atoms with Crippen molar-refractivity contribution < 1.29 is 28.9 Å². The van der Waals surface area contributed by atoms with Crippen LogP contribution in [-0.4, -0.2) is 74.6 Å². The van der Waals surface area contributed by atoms with Crippen LogP contribution in [0, 0.1) is 11.8 Å². The van der Waals surface area contributed by atoms with Crippen LogP contribution in [0.25, 0.3) is 5.69 Å². The van der Waals surface area contributed by atoms with Gasteiger partial charge >= 0.3 is 5.97 Å². The van der Waals surface area contributed by atoms with Gasteiger partial charge in [-0.1, -0.05) is 24.3 Å². The summed E-state index contributed by atoms with van der Waals surface area (Å²) in [6.45, 7) is 0.180. The van der Waals surface area contributed by atoms with Gasteiger partial charge in [-0.2, -0.15) is 4.68 Å². The van der Waals surface area contributed by atoms with E-state index in [1.807, 2.05) is 30.3 Å². The molecule has 5 atom stereocenters. The molecule has 4 heterocycles. The van der Waals surface area contributed by atoms with Crippen LogP contribution < -0.4 is 9.47 Å². The van der Waals surface area contributed by atoms with Crippen molar-refractivity contribution in [2.24, 2.45) is 11.8 Å². The van der Waals surface area contributed by atoms with E-state index in [0.29, 0.717) is 23.0 Å². The molecule has 3 aliphatic rings. The maximum Gasteiger partial charge on any atom is 0.310 e. The Bertz CT molecular complexity index is 1350. The van der Waals surface area contributed by atoms with Gasteiger partial charge in [0.05, 0.1) is 38.5 Å². The average Bonchev–Trinajstić information content (AvgIpc) is 3.67. The molecule has 0 radical (unpaired) electrons. The second kappa shape index (κ2) is 8.16. The molecule has 1 N–H and O–H groups in total. The highest BCUT2D eigenvalue weighted by molar-refractivity contribution is 5.91. The predicted octanol–water partition coefficient (Wildman–Crippen LogP) is 1.64. The smallest absolute Gasteiger partial charge is 0.310 e. The fourth-order valence-electron chi connectivity index (χ4n) is 5.56. The topological polar surface area (TPSA) is 129 Å². The number of tetrazole rings is 1. The van der Waals surface area contributed by atoms with E-state index in [2.05, 4.69) is 15.5 Å². The number of carboxylic acids is 1. The molecule has 6 rings (SSSR count). The van der Waals surface area contributed by atoms with Gasteiger partial charge < -0.3 is 24.2 Å². The summed E-state index contributed by atoms with van der Waals surface area (Å²) in [4.78, 5) is 27.6. The van der Waals surface area contributed by atoms with E-state index in [1.165, 1.54) is 0 Å². The maximum absolute atomic E-state index is 13.9. The van der Waals surface area contributed by atoms with E-state index in [4.69, 9.17) is 14.2 Å². The molecular formula is C25H23N5O6. The zero-order valence-electron chi connectivity index (χ0n) is 19.5. The van der Waals surface area contributed by atoms with Crippen LogP contribution in [0.1, 0.15) is 17.4 Å². The third kappa shape index (κ3) is 3.19. The molecule has 1 aromatic heterocycles. The standard InChI is InChI=1S/C25H23N5O6/c1-34-16-7-3-14(4-8-16)21(22-26-27-28-30(22)15-5-9-17(35-2)10-6-15)29-13-25-12-11-18(36-25)19(24(32)33)20(25)23(29)31/h3-12,18-21H,13H2,1-2H3,(H,32,33)/t18-,19-,20-,21-,25-/m1/s1. The van der Waals surface area contributed by atoms with Crippen LogP contribution in [0.15, 0.2) is 60.7 Å². The van der Waals surface area contributed by atoms with Gasteiger partial charge in [0.25, 0.3) is 0 Å². The average molecular weight is 489 g/mol.